The molecule has 0 atom stereocenters. The standard InChI is InChI=1S/C10H16FN3S/c1-14(3-4-15-2)10-8(6-12)5-9(11)7-13-10/h5,7H,3-4,6,12H2,1-2H3. The van der Waals surface area contributed by atoms with Gasteiger partial charge in [-0.05, 0) is 12.3 Å². The van der Waals surface area contributed by atoms with Gasteiger partial charge in [0.05, 0.1) is 6.20 Å². The van der Waals surface area contributed by atoms with E-state index in [-0.39, 0.29) is 5.82 Å². The van der Waals surface area contributed by atoms with Crippen molar-refractivity contribution >= 4 is 17.6 Å². The van der Waals surface area contributed by atoms with Gasteiger partial charge in [-0.2, -0.15) is 11.8 Å². The van der Waals surface area contributed by atoms with E-state index in [9.17, 15) is 4.39 Å². The molecule has 0 spiro atoms. The fourth-order valence-electron chi connectivity index (χ4n) is 1.30. The van der Waals surface area contributed by atoms with E-state index in [4.69, 9.17) is 5.73 Å². The largest absolute Gasteiger partial charge is 0.359 e. The lowest BCUT2D eigenvalue weighted by Gasteiger charge is -2.20. The van der Waals surface area contributed by atoms with Crippen LogP contribution in [0.2, 0.25) is 0 Å². The number of pyridine rings is 1. The van der Waals surface area contributed by atoms with Crippen molar-refractivity contribution in [1.82, 2.24) is 4.98 Å². The van der Waals surface area contributed by atoms with Crippen LogP contribution in [0.15, 0.2) is 12.3 Å². The predicted octanol–water partition coefficient (Wildman–Crippen LogP) is 1.48. The third-order valence-corrected chi connectivity index (χ3v) is 2.71. The van der Waals surface area contributed by atoms with Gasteiger partial charge in [-0.25, -0.2) is 9.37 Å². The number of hydrogen-bond acceptors (Lipinski definition) is 4. The molecule has 1 aromatic rings. The molecular formula is C10H16FN3S. The Bertz CT molecular complexity index is 320. The number of aromatic nitrogens is 1. The van der Waals surface area contributed by atoms with Crippen molar-refractivity contribution in [2.24, 2.45) is 5.73 Å². The van der Waals surface area contributed by atoms with E-state index in [1.807, 2.05) is 11.9 Å². The molecule has 1 aromatic heterocycles. The second-order valence-corrected chi connectivity index (χ2v) is 4.24. The Morgan fingerprint density at radius 3 is 2.93 bits per heavy atom. The first-order valence-electron chi connectivity index (χ1n) is 4.73. The molecule has 2 N–H and O–H groups in total. The lowest BCUT2D eigenvalue weighted by atomic mass is 10.2. The van der Waals surface area contributed by atoms with Gasteiger partial charge < -0.3 is 10.6 Å². The van der Waals surface area contributed by atoms with Gasteiger partial charge in [0.25, 0.3) is 0 Å². The van der Waals surface area contributed by atoms with Crippen LogP contribution >= 0.6 is 11.8 Å². The molecule has 0 saturated heterocycles. The SMILES string of the molecule is CSCCN(C)c1ncc(F)cc1CN. The normalized spacial score (nSPS) is 10.4. The van der Waals surface area contributed by atoms with E-state index in [0.29, 0.717) is 6.54 Å². The molecule has 1 heterocycles. The van der Waals surface area contributed by atoms with E-state index in [0.717, 1.165) is 23.7 Å². The van der Waals surface area contributed by atoms with Gasteiger partial charge in [0.2, 0.25) is 0 Å². The molecule has 0 bridgehead atoms. The van der Waals surface area contributed by atoms with Crippen molar-refractivity contribution in [3.63, 3.8) is 0 Å². The van der Waals surface area contributed by atoms with Crippen molar-refractivity contribution < 1.29 is 4.39 Å². The number of nitrogens with zero attached hydrogens (tertiary/aromatic N) is 2. The fraction of sp³-hybridized carbons (Fsp3) is 0.500. The Kier molecular flexibility index (Phi) is 4.84. The highest BCUT2D eigenvalue weighted by Crippen LogP contribution is 2.16. The highest BCUT2D eigenvalue weighted by molar-refractivity contribution is 7.98. The molecule has 15 heavy (non-hydrogen) atoms. The summed E-state index contributed by atoms with van der Waals surface area (Å²) in [6, 6.07) is 1.44. The molecule has 0 fully saturated rings. The van der Waals surface area contributed by atoms with Crippen molar-refractivity contribution in [2.75, 3.05) is 30.5 Å². The number of hydrogen-bond donors (Lipinski definition) is 1. The molecule has 0 unspecified atom stereocenters. The minimum atomic E-state index is -0.336. The first-order valence-corrected chi connectivity index (χ1v) is 6.13. The Morgan fingerprint density at radius 2 is 2.33 bits per heavy atom. The molecular weight excluding hydrogens is 213 g/mol. The smallest absolute Gasteiger partial charge is 0.141 e. The van der Waals surface area contributed by atoms with Gasteiger partial charge in [0.1, 0.15) is 11.6 Å². The molecule has 0 aromatic carbocycles. The van der Waals surface area contributed by atoms with Gasteiger partial charge >= 0.3 is 0 Å². The van der Waals surface area contributed by atoms with Gasteiger partial charge in [-0.1, -0.05) is 0 Å². The molecule has 84 valence electrons. The summed E-state index contributed by atoms with van der Waals surface area (Å²) in [5.74, 6) is 1.45. The van der Waals surface area contributed by atoms with Crippen LogP contribution < -0.4 is 10.6 Å². The second kappa shape index (κ2) is 5.92. The maximum atomic E-state index is 12.9. The van der Waals surface area contributed by atoms with Crippen LogP contribution in [0.5, 0.6) is 0 Å². The molecule has 5 heteroatoms. The summed E-state index contributed by atoms with van der Waals surface area (Å²) in [4.78, 5) is 6.06. The predicted molar refractivity (Wildman–Crippen MR) is 63.7 cm³/mol. The zero-order valence-corrected chi connectivity index (χ0v) is 9.85. The van der Waals surface area contributed by atoms with Crippen LogP contribution in [-0.2, 0) is 6.54 Å². The minimum Gasteiger partial charge on any atom is -0.359 e. The monoisotopic (exact) mass is 229 g/mol. The first kappa shape index (κ1) is 12.3. The summed E-state index contributed by atoms with van der Waals surface area (Å²) < 4.78 is 12.9. The number of nitrogens with two attached hydrogens (primary N) is 1. The zero-order chi connectivity index (χ0) is 11.3. The molecule has 0 saturated carbocycles. The highest BCUT2D eigenvalue weighted by atomic mass is 32.2. The van der Waals surface area contributed by atoms with Crippen molar-refractivity contribution in [1.29, 1.82) is 0 Å². The number of halogens is 1. The quantitative estimate of drug-likeness (QED) is 0.830. The molecule has 0 aliphatic rings. The third kappa shape index (κ3) is 3.35. The van der Waals surface area contributed by atoms with Crippen molar-refractivity contribution in [3.8, 4) is 0 Å². The Morgan fingerprint density at radius 1 is 1.60 bits per heavy atom. The number of anilines is 1. The zero-order valence-electron chi connectivity index (χ0n) is 9.03. The van der Waals surface area contributed by atoms with Crippen molar-refractivity contribution in [2.45, 2.75) is 6.54 Å². The van der Waals surface area contributed by atoms with Gasteiger partial charge in [-0.3, -0.25) is 0 Å². The van der Waals surface area contributed by atoms with E-state index in [1.54, 1.807) is 11.8 Å². The van der Waals surface area contributed by atoms with Crippen LogP contribution in [0.4, 0.5) is 10.2 Å². The third-order valence-electron chi connectivity index (χ3n) is 2.12. The maximum absolute atomic E-state index is 12.9. The molecule has 1 rings (SSSR count). The maximum Gasteiger partial charge on any atom is 0.141 e. The van der Waals surface area contributed by atoms with Gasteiger partial charge in [0, 0.05) is 31.5 Å². The summed E-state index contributed by atoms with van der Waals surface area (Å²) in [6.07, 6.45) is 3.28. The Labute approximate surface area is 93.9 Å². The van der Waals surface area contributed by atoms with Crippen LogP contribution in [0.3, 0.4) is 0 Å². The van der Waals surface area contributed by atoms with E-state index in [1.165, 1.54) is 12.3 Å². The van der Waals surface area contributed by atoms with Crippen LogP contribution in [-0.4, -0.2) is 30.6 Å². The molecule has 0 radical (unpaired) electrons. The van der Waals surface area contributed by atoms with Crippen LogP contribution in [0.25, 0.3) is 0 Å². The minimum absolute atomic E-state index is 0.309. The van der Waals surface area contributed by atoms with Gasteiger partial charge in [-0.15, -0.1) is 0 Å². The second-order valence-electron chi connectivity index (χ2n) is 3.25. The molecule has 0 aliphatic carbocycles. The van der Waals surface area contributed by atoms with Crippen LogP contribution in [0.1, 0.15) is 5.56 Å². The number of rotatable bonds is 5. The summed E-state index contributed by atoms with van der Waals surface area (Å²) >= 11 is 1.77. The average molecular weight is 229 g/mol. The summed E-state index contributed by atoms with van der Waals surface area (Å²) in [5.41, 5.74) is 6.30. The summed E-state index contributed by atoms with van der Waals surface area (Å²) in [7, 11) is 1.94. The van der Waals surface area contributed by atoms with Crippen molar-refractivity contribution in [3.05, 3.63) is 23.6 Å². The van der Waals surface area contributed by atoms with Crippen LogP contribution in [0, 0.1) is 5.82 Å². The number of thioether (sulfide) groups is 1. The topological polar surface area (TPSA) is 42.2 Å². The fourth-order valence-corrected chi connectivity index (χ4v) is 1.76. The summed E-state index contributed by atoms with van der Waals surface area (Å²) in [6.45, 7) is 1.19. The van der Waals surface area contributed by atoms with E-state index in [2.05, 4.69) is 11.2 Å². The lowest BCUT2D eigenvalue weighted by Crippen LogP contribution is -2.23. The first-order chi connectivity index (χ1) is 7.19. The molecule has 3 nitrogen and oxygen atoms in total. The lowest BCUT2D eigenvalue weighted by molar-refractivity contribution is 0.618. The average Bonchev–Trinajstić information content (AvgIpc) is 2.25. The molecule has 0 aliphatic heterocycles. The molecule has 0 amide bonds. The van der Waals surface area contributed by atoms with Gasteiger partial charge in [0.15, 0.2) is 0 Å². The Balaban J connectivity index is 2.82. The Hall–Kier alpha value is -0.810. The van der Waals surface area contributed by atoms with E-state index < -0.39 is 0 Å². The highest BCUT2D eigenvalue weighted by Gasteiger charge is 2.08. The van der Waals surface area contributed by atoms with E-state index >= 15 is 0 Å². The summed E-state index contributed by atoms with van der Waals surface area (Å²) in [5, 5.41) is 0.